The van der Waals surface area contributed by atoms with Crippen LogP contribution in [0.5, 0.6) is 0 Å². The van der Waals surface area contributed by atoms with Gasteiger partial charge in [-0.25, -0.2) is 4.79 Å². The normalized spacial score (nSPS) is 19.8. The number of carbonyl (C=O) groups is 1. The number of aromatic carboxylic acids is 1. The molecule has 2 rings (SSSR count). The monoisotopic (exact) mass is 197 g/mol. The molecule has 0 amide bonds. The maximum atomic E-state index is 10.5. The fourth-order valence-electron chi connectivity index (χ4n) is 1.73. The van der Waals surface area contributed by atoms with Crippen molar-refractivity contribution >= 4 is 5.97 Å². The molecule has 1 heterocycles. The lowest BCUT2D eigenvalue weighted by atomic mass is 9.99. The van der Waals surface area contributed by atoms with E-state index in [1.54, 1.807) is 0 Å². The topological polar surface area (TPSA) is 102 Å². The first-order valence-electron chi connectivity index (χ1n) is 4.48. The molecule has 0 bridgehead atoms. The van der Waals surface area contributed by atoms with Crippen LogP contribution in [0, 0.1) is 0 Å². The lowest BCUT2D eigenvalue weighted by molar-refractivity contribution is 0.0680. The van der Waals surface area contributed by atoms with Crippen molar-refractivity contribution in [2.24, 2.45) is 5.73 Å². The van der Waals surface area contributed by atoms with Gasteiger partial charge in [0.2, 0.25) is 5.89 Å². The van der Waals surface area contributed by atoms with Gasteiger partial charge < -0.3 is 15.4 Å². The Labute approximate surface area is 80.1 Å². The van der Waals surface area contributed by atoms with Crippen LogP contribution in [-0.4, -0.2) is 21.2 Å². The van der Waals surface area contributed by atoms with Crippen molar-refractivity contribution in [1.82, 2.24) is 10.1 Å². The molecule has 6 heteroatoms. The summed E-state index contributed by atoms with van der Waals surface area (Å²) in [5.74, 6) is -1.27. The number of nitrogens with zero attached hydrogens (tertiary/aromatic N) is 2. The van der Waals surface area contributed by atoms with Crippen LogP contribution in [-0.2, 0) is 5.54 Å². The summed E-state index contributed by atoms with van der Waals surface area (Å²) in [6.45, 7) is 0. The molecule has 0 saturated heterocycles. The molecule has 1 aliphatic rings. The first-order chi connectivity index (χ1) is 6.62. The number of rotatable bonds is 2. The Balaban J connectivity index is 2.28. The molecule has 0 aliphatic heterocycles. The van der Waals surface area contributed by atoms with Crippen LogP contribution in [0.15, 0.2) is 4.52 Å². The van der Waals surface area contributed by atoms with Crippen molar-refractivity contribution < 1.29 is 14.4 Å². The van der Waals surface area contributed by atoms with Crippen LogP contribution in [0.25, 0.3) is 0 Å². The largest absolute Gasteiger partial charge is 0.475 e. The van der Waals surface area contributed by atoms with E-state index in [0.717, 1.165) is 25.7 Å². The highest BCUT2D eigenvalue weighted by atomic mass is 16.5. The molecular weight excluding hydrogens is 186 g/mol. The van der Waals surface area contributed by atoms with Crippen LogP contribution >= 0.6 is 0 Å². The van der Waals surface area contributed by atoms with Gasteiger partial charge in [-0.15, -0.1) is 0 Å². The Morgan fingerprint density at radius 2 is 2.14 bits per heavy atom. The van der Waals surface area contributed by atoms with Gasteiger partial charge >= 0.3 is 5.97 Å². The summed E-state index contributed by atoms with van der Waals surface area (Å²) in [6, 6.07) is 0. The van der Waals surface area contributed by atoms with E-state index in [2.05, 4.69) is 10.1 Å². The van der Waals surface area contributed by atoms with Gasteiger partial charge in [-0.05, 0) is 18.0 Å². The Bertz CT molecular complexity index is 354. The summed E-state index contributed by atoms with van der Waals surface area (Å²) in [7, 11) is 0. The zero-order chi connectivity index (χ0) is 10.2. The molecule has 1 fully saturated rings. The Morgan fingerprint density at radius 1 is 1.50 bits per heavy atom. The molecule has 1 saturated carbocycles. The predicted octanol–water partition coefficient (Wildman–Crippen LogP) is 0.496. The van der Waals surface area contributed by atoms with Crippen LogP contribution in [0.3, 0.4) is 0 Å². The molecule has 1 aromatic heterocycles. The number of aromatic nitrogens is 2. The summed E-state index contributed by atoms with van der Waals surface area (Å²) < 4.78 is 4.85. The third-order valence-corrected chi connectivity index (χ3v) is 2.54. The molecule has 0 radical (unpaired) electrons. The second-order valence-electron chi connectivity index (χ2n) is 3.59. The maximum absolute atomic E-state index is 10.5. The lowest BCUT2D eigenvalue weighted by Crippen LogP contribution is -2.33. The number of nitrogens with two attached hydrogens (primary N) is 1. The van der Waals surface area contributed by atoms with Gasteiger partial charge in [0, 0.05) is 0 Å². The molecule has 76 valence electrons. The fourth-order valence-corrected chi connectivity index (χ4v) is 1.73. The Hall–Kier alpha value is -1.43. The second-order valence-corrected chi connectivity index (χ2v) is 3.59. The van der Waals surface area contributed by atoms with Gasteiger partial charge in [-0.1, -0.05) is 12.8 Å². The fraction of sp³-hybridized carbons (Fsp3) is 0.625. The first kappa shape index (κ1) is 9.14. The quantitative estimate of drug-likeness (QED) is 0.715. The maximum Gasteiger partial charge on any atom is 0.377 e. The molecule has 0 aromatic carbocycles. The van der Waals surface area contributed by atoms with Crippen LogP contribution in [0.1, 0.15) is 42.2 Å². The molecule has 0 atom stereocenters. The summed E-state index contributed by atoms with van der Waals surface area (Å²) >= 11 is 0. The van der Waals surface area contributed by atoms with Crippen molar-refractivity contribution in [2.75, 3.05) is 0 Å². The van der Waals surface area contributed by atoms with Crippen LogP contribution in [0.4, 0.5) is 0 Å². The van der Waals surface area contributed by atoms with Crippen molar-refractivity contribution in [1.29, 1.82) is 0 Å². The van der Waals surface area contributed by atoms with Gasteiger partial charge in [0.05, 0.1) is 5.54 Å². The molecule has 3 N–H and O–H groups in total. The molecule has 1 aliphatic carbocycles. The van der Waals surface area contributed by atoms with Gasteiger partial charge in [-0.3, -0.25) is 0 Å². The summed E-state index contributed by atoms with van der Waals surface area (Å²) in [5.41, 5.74) is 5.39. The van der Waals surface area contributed by atoms with E-state index in [1.165, 1.54) is 0 Å². The third-order valence-electron chi connectivity index (χ3n) is 2.54. The first-order valence-corrected chi connectivity index (χ1v) is 4.48. The van der Waals surface area contributed by atoms with E-state index in [4.69, 9.17) is 15.4 Å². The standard InChI is InChI=1S/C8H11N3O3/c9-8(3-1-2-4-8)7-10-5(6(12)13)11-14-7/h1-4,9H2,(H,12,13). The SMILES string of the molecule is NC1(c2nc(C(=O)O)no2)CCCC1. The number of hydrogen-bond donors (Lipinski definition) is 2. The zero-order valence-electron chi connectivity index (χ0n) is 7.56. The Kier molecular flexibility index (Phi) is 1.99. The molecule has 6 nitrogen and oxygen atoms in total. The third kappa shape index (κ3) is 1.37. The number of carboxylic acid groups (broad SMARTS) is 1. The van der Waals surface area contributed by atoms with Crippen molar-refractivity contribution in [3.05, 3.63) is 11.7 Å². The summed E-state index contributed by atoms with van der Waals surface area (Å²) in [6.07, 6.45) is 3.57. The highest BCUT2D eigenvalue weighted by Gasteiger charge is 2.37. The zero-order valence-corrected chi connectivity index (χ0v) is 7.56. The highest BCUT2D eigenvalue weighted by molar-refractivity contribution is 5.82. The van der Waals surface area contributed by atoms with Gasteiger partial charge in [0.1, 0.15) is 0 Å². The second kappa shape index (κ2) is 3.06. The highest BCUT2D eigenvalue weighted by Crippen LogP contribution is 2.35. The summed E-state index contributed by atoms with van der Waals surface area (Å²) in [4.78, 5) is 14.3. The summed E-state index contributed by atoms with van der Waals surface area (Å²) in [5, 5.41) is 11.9. The van der Waals surface area contributed by atoms with E-state index in [0.29, 0.717) is 0 Å². The number of carboxylic acids is 1. The van der Waals surface area contributed by atoms with Crippen LogP contribution in [0.2, 0.25) is 0 Å². The molecule has 0 unspecified atom stereocenters. The van der Waals surface area contributed by atoms with Crippen molar-refractivity contribution in [2.45, 2.75) is 31.2 Å². The molecule has 0 spiro atoms. The predicted molar refractivity (Wildman–Crippen MR) is 45.6 cm³/mol. The Morgan fingerprint density at radius 3 is 2.64 bits per heavy atom. The molecule has 1 aromatic rings. The molecular formula is C8H11N3O3. The van der Waals surface area contributed by atoms with Crippen molar-refractivity contribution in [3.8, 4) is 0 Å². The van der Waals surface area contributed by atoms with E-state index >= 15 is 0 Å². The van der Waals surface area contributed by atoms with E-state index < -0.39 is 11.5 Å². The molecule has 14 heavy (non-hydrogen) atoms. The van der Waals surface area contributed by atoms with E-state index in [-0.39, 0.29) is 11.7 Å². The van der Waals surface area contributed by atoms with Gasteiger partial charge in [0.15, 0.2) is 0 Å². The minimum atomic E-state index is -1.19. The lowest BCUT2D eigenvalue weighted by Gasteiger charge is -2.16. The minimum absolute atomic E-state index is 0.243. The van der Waals surface area contributed by atoms with Crippen LogP contribution < -0.4 is 5.73 Å². The smallest absolute Gasteiger partial charge is 0.377 e. The minimum Gasteiger partial charge on any atom is -0.475 e. The van der Waals surface area contributed by atoms with E-state index in [9.17, 15) is 4.79 Å². The average Bonchev–Trinajstić information content (AvgIpc) is 2.71. The van der Waals surface area contributed by atoms with Gasteiger partial charge in [0.25, 0.3) is 5.82 Å². The van der Waals surface area contributed by atoms with Crippen molar-refractivity contribution in [3.63, 3.8) is 0 Å². The van der Waals surface area contributed by atoms with Gasteiger partial charge in [-0.2, -0.15) is 4.98 Å². The van der Waals surface area contributed by atoms with E-state index in [1.807, 2.05) is 0 Å². The number of hydrogen-bond acceptors (Lipinski definition) is 5. The average molecular weight is 197 g/mol.